The molecule has 0 bridgehead atoms. The molecule has 1 aromatic carbocycles. The molecule has 0 fully saturated rings. The van der Waals surface area contributed by atoms with Gasteiger partial charge in [-0.05, 0) is 19.9 Å². The molecule has 0 spiro atoms. The second-order valence-electron chi connectivity index (χ2n) is 5.13. The van der Waals surface area contributed by atoms with E-state index in [1.807, 2.05) is 30.3 Å². The summed E-state index contributed by atoms with van der Waals surface area (Å²) in [5, 5.41) is 3.04. The molecule has 0 aliphatic carbocycles. The zero-order valence-corrected chi connectivity index (χ0v) is 14.6. The van der Waals surface area contributed by atoms with Crippen LogP contribution < -0.4 is 5.32 Å². The average Bonchev–Trinajstić information content (AvgIpc) is 3.22. The minimum Gasteiger partial charge on any atom is -0.469 e. The molecule has 25 heavy (non-hydrogen) atoms. The molecule has 0 atom stereocenters. The molecule has 0 aliphatic rings. The summed E-state index contributed by atoms with van der Waals surface area (Å²) < 4.78 is 10.2. The molecule has 1 amide bonds. The van der Waals surface area contributed by atoms with Crippen LogP contribution in [-0.4, -0.2) is 23.5 Å². The van der Waals surface area contributed by atoms with Gasteiger partial charge in [0.25, 0.3) is 5.91 Å². The van der Waals surface area contributed by atoms with E-state index in [0.29, 0.717) is 27.0 Å². The summed E-state index contributed by atoms with van der Waals surface area (Å²) >= 11 is 1.09. The molecule has 6 nitrogen and oxygen atoms in total. The summed E-state index contributed by atoms with van der Waals surface area (Å²) in [7, 11) is 0. The molecule has 2 heterocycles. The van der Waals surface area contributed by atoms with E-state index in [1.54, 1.807) is 19.9 Å². The lowest BCUT2D eigenvalue weighted by atomic mass is 10.1. The van der Waals surface area contributed by atoms with Crippen LogP contribution in [0.5, 0.6) is 0 Å². The number of aryl methyl sites for hydroxylation is 1. The standard InChI is InChI=1S/C18H16N2O4S/c1-3-23-17(22)15-14(12-7-5-4-6-8-12)19-18(25-15)20-16(21)13-9-10-24-11(13)2/h4-10H,3H2,1-2H3,(H,19,20,21). The minimum absolute atomic E-state index is 0.265. The first kappa shape index (κ1) is 16.9. The maximum absolute atomic E-state index is 12.3. The largest absolute Gasteiger partial charge is 0.469 e. The van der Waals surface area contributed by atoms with Crippen molar-refractivity contribution in [3.05, 3.63) is 58.9 Å². The van der Waals surface area contributed by atoms with Crippen LogP contribution in [0.3, 0.4) is 0 Å². The van der Waals surface area contributed by atoms with Gasteiger partial charge < -0.3 is 9.15 Å². The lowest BCUT2D eigenvalue weighted by Gasteiger charge is -2.01. The number of thiazole rings is 1. The SMILES string of the molecule is CCOC(=O)c1sc(NC(=O)c2ccoc2C)nc1-c1ccccc1. The Morgan fingerprint density at radius 2 is 2.00 bits per heavy atom. The maximum Gasteiger partial charge on any atom is 0.350 e. The predicted molar refractivity (Wildman–Crippen MR) is 94.9 cm³/mol. The highest BCUT2D eigenvalue weighted by atomic mass is 32.1. The van der Waals surface area contributed by atoms with Crippen LogP contribution in [0.4, 0.5) is 5.13 Å². The Kier molecular flexibility index (Phi) is 4.95. The van der Waals surface area contributed by atoms with Crippen LogP contribution in [-0.2, 0) is 4.74 Å². The molecule has 0 saturated heterocycles. The number of hydrogen-bond donors (Lipinski definition) is 1. The van der Waals surface area contributed by atoms with Crippen molar-refractivity contribution in [2.24, 2.45) is 0 Å². The lowest BCUT2D eigenvalue weighted by molar-refractivity contribution is 0.0532. The predicted octanol–water partition coefficient (Wildman–Crippen LogP) is 4.14. The van der Waals surface area contributed by atoms with Crippen molar-refractivity contribution >= 4 is 28.3 Å². The summed E-state index contributed by atoms with van der Waals surface area (Å²) in [6.45, 7) is 3.71. The van der Waals surface area contributed by atoms with Crippen LogP contribution in [0.25, 0.3) is 11.3 Å². The summed E-state index contributed by atoms with van der Waals surface area (Å²) in [5.41, 5.74) is 1.69. The van der Waals surface area contributed by atoms with E-state index in [4.69, 9.17) is 9.15 Å². The fraction of sp³-hybridized carbons (Fsp3) is 0.167. The topological polar surface area (TPSA) is 81.4 Å². The number of ether oxygens (including phenoxy) is 1. The summed E-state index contributed by atoms with van der Waals surface area (Å²) in [5.74, 6) is -0.281. The van der Waals surface area contributed by atoms with Crippen LogP contribution >= 0.6 is 11.3 Å². The quantitative estimate of drug-likeness (QED) is 0.695. The molecule has 0 unspecified atom stereocenters. The number of rotatable bonds is 5. The second kappa shape index (κ2) is 7.31. The Morgan fingerprint density at radius 3 is 2.64 bits per heavy atom. The molecule has 3 aromatic rings. The van der Waals surface area contributed by atoms with Crippen molar-refractivity contribution in [2.45, 2.75) is 13.8 Å². The van der Waals surface area contributed by atoms with Gasteiger partial charge in [-0.25, -0.2) is 9.78 Å². The molecule has 1 N–H and O–H groups in total. The van der Waals surface area contributed by atoms with Gasteiger partial charge in [0.2, 0.25) is 0 Å². The van der Waals surface area contributed by atoms with Crippen molar-refractivity contribution in [3.8, 4) is 11.3 Å². The molecule has 0 radical (unpaired) electrons. The fourth-order valence-corrected chi connectivity index (χ4v) is 3.16. The Balaban J connectivity index is 1.94. The number of carbonyl (C=O) groups excluding carboxylic acids is 2. The van der Waals surface area contributed by atoms with E-state index in [-0.39, 0.29) is 12.5 Å². The van der Waals surface area contributed by atoms with Gasteiger partial charge in [-0.2, -0.15) is 0 Å². The zero-order chi connectivity index (χ0) is 17.8. The van der Waals surface area contributed by atoms with Crippen LogP contribution in [0, 0.1) is 6.92 Å². The van der Waals surface area contributed by atoms with Crippen molar-refractivity contribution in [1.82, 2.24) is 4.98 Å². The van der Waals surface area contributed by atoms with Crippen molar-refractivity contribution in [2.75, 3.05) is 11.9 Å². The molecule has 128 valence electrons. The number of furan rings is 1. The molecule has 7 heteroatoms. The summed E-state index contributed by atoms with van der Waals surface area (Å²) in [6.07, 6.45) is 1.45. The molecule has 3 rings (SSSR count). The third-order valence-corrected chi connectivity index (χ3v) is 4.41. The first-order valence-corrected chi connectivity index (χ1v) is 8.50. The Morgan fingerprint density at radius 1 is 1.24 bits per heavy atom. The van der Waals surface area contributed by atoms with Crippen LogP contribution in [0.15, 0.2) is 47.1 Å². The number of aromatic nitrogens is 1. The van der Waals surface area contributed by atoms with Gasteiger partial charge in [0.1, 0.15) is 10.6 Å². The number of benzene rings is 1. The van der Waals surface area contributed by atoms with E-state index in [0.717, 1.165) is 16.9 Å². The van der Waals surface area contributed by atoms with Gasteiger partial charge in [-0.15, -0.1) is 0 Å². The van der Waals surface area contributed by atoms with Gasteiger partial charge in [0, 0.05) is 5.56 Å². The fourth-order valence-electron chi connectivity index (χ4n) is 2.29. The number of hydrogen-bond acceptors (Lipinski definition) is 6. The Labute approximate surface area is 148 Å². The first-order chi connectivity index (χ1) is 12.1. The molecule has 2 aromatic heterocycles. The van der Waals surface area contributed by atoms with Crippen LogP contribution in [0.2, 0.25) is 0 Å². The summed E-state index contributed by atoms with van der Waals surface area (Å²) in [4.78, 5) is 29.3. The molecule has 0 aliphatic heterocycles. The van der Waals surface area contributed by atoms with Gasteiger partial charge in [-0.1, -0.05) is 41.7 Å². The average molecular weight is 356 g/mol. The minimum atomic E-state index is -0.459. The number of esters is 1. The monoisotopic (exact) mass is 356 g/mol. The van der Waals surface area contributed by atoms with Gasteiger partial charge in [0.15, 0.2) is 5.13 Å². The van der Waals surface area contributed by atoms with Gasteiger partial charge >= 0.3 is 5.97 Å². The highest BCUT2D eigenvalue weighted by molar-refractivity contribution is 7.18. The molecular formula is C18H16N2O4S. The number of anilines is 1. The van der Waals surface area contributed by atoms with Crippen molar-refractivity contribution in [1.29, 1.82) is 0 Å². The third-order valence-electron chi connectivity index (χ3n) is 3.46. The number of nitrogens with zero attached hydrogens (tertiary/aromatic N) is 1. The second-order valence-corrected chi connectivity index (χ2v) is 6.13. The van der Waals surface area contributed by atoms with E-state index in [9.17, 15) is 9.59 Å². The zero-order valence-electron chi connectivity index (χ0n) is 13.7. The van der Waals surface area contributed by atoms with E-state index in [1.165, 1.54) is 6.26 Å². The Hall–Kier alpha value is -2.93. The normalized spacial score (nSPS) is 10.5. The molecular weight excluding hydrogens is 340 g/mol. The van der Waals surface area contributed by atoms with Crippen molar-refractivity contribution < 1.29 is 18.7 Å². The third kappa shape index (κ3) is 3.61. The summed E-state index contributed by atoms with van der Waals surface area (Å²) in [6, 6.07) is 10.9. The first-order valence-electron chi connectivity index (χ1n) is 7.69. The van der Waals surface area contributed by atoms with Crippen LogP contribution in [0.1, 0.15) is 32.7 Å². The van der Waals surface area contributed by atoms with Gasteiger partial charge in [-0.3, -0.25) is 10.1 Å². The smallest absolute Gasteiger partial charge is 0.350 e. The highest BCUT2D eigenvalue weighted by Crippen LogP contribution is 2.32. The van der Waals surface area contributed by atoms with E-state index in [2.05, 4.69) is 10.3 Å². The molecule has 0 saturated carbocycles. The van der Waals surface area contributed by atoms with Crippen molar-refractivity contribution in [3.63, 3.8) is 0 Å². The highest BCUT2D eigenvalue weighted by Gasteiger charge is 2.22. The Bertz CT molecular complexity index is 899. The van der Waals surface area contributed by atoms with Gasteiger partial charge in [0.05, 0.1) is 24.1 Å². The maximum atomic E-state index is 12.3. The van der Waals surface area contributed by atoms with E-state index >= 15 is 0 Å². The van der Waals surface area contributed by atoms with E-state index < -0.39 is 5.97 Å². The number of amides is 1. The number of nitrogens with one attached hydrogen (secondary N) is 1. The lowest BCUT2D eigenvalue weighted by Crippen LogP contribution is -2.11. The number of carbonyl (C=O) groups is 2.